The number of aliphatic imine (C=N–C) groups is 1. The minimum Gasteiger partial charge on any atom is -0.480 e. The predicted octanol–water partition coefficient (Wildman–Crippen LogP) is -5.34. The molecule has 0 aliphatic heterocycles. The SMILES string of the molecule is CC(O)C(N)C(=O)NC(C(=O)NC(CO)C(=O)NC(CCCN=C(N)N)C(=O)O)C(C)O. The van der Waals surface area contributed by atoms with E-state index in [4.69, 9.17) is 17.2 Å². The van der Waals surface area contributed by atoms with Crippen molar-refractivity contribution in [2.75, 3.05) is 13.2 Å². The zero-order valence-corrected chi connectivity index (χ0v) is 17.9. The standard InChI is InChI=1S/C17H33N7O8/c1-7(26)11(18)14(29)24-12(8(2)27)15(30)23-10(6-25)13(28)22-9(16(31)32)4-3-5-21-17(19)20/h7-12,25-27H,3-6,18H2,1-2H3,(H,22,28)(H,23,30)(H,24,29)(H,31,32)(H4,19,20,21). The van der Waals surface area contributed by atoms with E-state index >= 15 is 0 Å². The van der Waals surface area contributed by atoms with Crippen LogP contribution in [0.3, 0.4) is 0 Å². The summed E-state index contributed by atoms with van der Waals surface area (Å²) in [6, 6.07) is -5.87. The number of hydrogen-bond acceptors (Lipinski definition) is 9. The molecule has 0 heterocycles. The largest absolute Gasteiger partial charge is 0.480 e. The number of aliphatic carboxylic acids is 1. The Morgan fingerprint density at radius 3 is 1.91 bits per heavy atom. The summed E-state index contributed by atoms with van der Waals surface area (Å²) in [5, 5.41) is 44.3. The Kier molecular flexibility index (Phi) is 12.8. The van der Waals surface area contributed by atoms with Crippen molar-refractivity contribution in [3.63, 3.8) is 0 Å². The fourth-order valence-corrected chi connectivity index (χ4v) is 2.36. The molecule has 0 bridgehead atoms. The van der Waals surface area contributed by atoms with E-state index in [1.54, 1.807) is 0 Å². The first-order chi connectivity index (χ1) is 14.8. The molecule has 0 aromatic rings. The summed E-state index contributed by atoms with van der Waals surface area (Å²) in [5.74, 6) is -4.50. The first kappa shape index (κ1) is 29.0. The molecule has 184 valence electrons. The summed E-state index contributed by atoms with van der Waals surface area (Å²) in [6.45, 7) is 1.67. The zero-order valence-electron chi connectivity index (χ0n) is 17.9. The third kappa shape index (κ3) is 10.3. The van der Waals surface area contributed by atoms with Crippen LogP contribution in [0.1, 0.15) is 26.7 Å². The molecule has 0 fully saturated rings. The highest BCUT2D eigenvalue weighted by Gasteiger charge is 2.32. The van der Waals surface area contributed by atoms with E-state index < -0.39 is 66.7 Å². The molecule has 13 N–H and O–H groups in total. The van der Waals surface area contributed by atoms with Gasteiger partial charge in [-0.05, 0) is 26.7 Å². The number of aliphatic hydroxyl groups excluding tert-OH is 3. The summed E-state index contributed by atoms with van der Waals surface area (Å²) in [4.78, 5) is 51.8. The first-order valence-electron chi connectivity index (χ1n) is 9.73. The van der Waals surface area contributed by atoms with Gasteiger partial charge in [0.2, 0.25) is 17.7 Å². The molecule has 0 aliphatic carbocycles. The number of carbonyl (C=O) groups is 4. The van der Waals surface area contributed by atoms with Crippen molar-refractivity contribution in [1.29, 1.82) is 0 Å². The van der Waals surface area contributed by atoms with Crippen molar-refractivity contribution in [2.24, 2.45) is 22.2 Å². The summed E-state index contributed by atoms with van der Waals surface area (Å²) >= 11 is 0. The van der Waals surface area contributed by atoms with Crippen molar-refractivity contribution < 1.29 is 39.6 Å². The highest BCUT2D eigenvalue weighted by Crippen LogP contribution is 2.01. The predicted molar refractivity (Wildman–Crippen MR) is 112 cm³/mol. The molecule has 3 amide bonds. The smallest absolute Gasteiger partial charge is 0.326 e. The Morgan fingerprint density at radius 2 is 1.47 bits per heavy atom. The molecule has 15 nitrogen and oxygen atoms in total. The van der Waals surface area contributed by atoms with Crippen LogP contribution in [0.2, 0.25) is 0 Å². The summed E-state index contributed by atoms with van der Waals surface area (Å²) in [6.07, 6.45) is -2.47. The molecule has 0 rings (SSSR count). The van der Waals surface area contributed by atoms with Crippen molar-refractivity contribution in [1.82, 2.24) is 16.0 Å². The normalized spacial score (nSPS) is 16.4. The lowest BCUT2D eigenvalue weighted by atomic mass is 10.1. The van der Waals surface area contributed by atoms with E-state index in [1.807, 2.05) is 0 Å². The number of amides is 3. The molecule has 0 saturated heterocycles. The van der Waals surface area contributed by atoms with Gasteiger partial charge in [-0.2, -0.15) is 0 Å². The van der Waals surface area contributed by atoms with Crippen molar-refractivity contribution in [2.45, 2.75) is 63.1 Å². The van der Waals surface area contributed by atoms with Gasteiger partial charge in [-0.15, -0.1) is 0 Å². The van der Waals surface area contributed by atoms with Crippen LogP contribution in [-0.2, 0) is 19.2 Å². The van der Waals surface area contributed by atoms with E-state index in [0.717, 1.165) is 0 Å². The summed E-state index contributed by atoms with van der Waals surface area (Å²) in [5.41, 5.74) is 15.8. The lowest BCUT2D eigenvalue weighted by molar-refractivity contribution is -0.143. The van der Waals surface area contributed by atoms with E-state index in [2.05, 4.69) is 20.9 Å². The van der Waals surface area contributed by atoms with Crippen LogP contribution in [-0.4, -0.2) is 99.6 Å². The zero-order chi connectivity index (χ0) is 25.0. The first-order valence-corrected chi connectivity index (χ1v) is 9.73. The Morgan fingerprint density at radius 1 is 0.906 bits per heavy atom. The number of aliphatic hydroxyl groups is 3. The van der Waals surface area contributed by atoms with Crippen molar-refractivity contribution in [3.8, 4) is 0 Å². The lowest BCUT2D eigenvalue weighted by Gasteiger charge is -2.26. The quantitative estimate of drug-likeness (QED) is 0.0659. The van der Waals surface area contributed by atoms with Crippen LogP contribution in [0.25, 0.3) is 0 Å². The Balaban J connectivity index is 5.12. The third-order valence-corrected chi connectivity index (χ3v) is 4.26. The van der Waals surface area contributed by atoms with Crippen molar-refractivity contribution in [3.05, 3.63) is 0 Å². The van der Waals surface area contributed by atoms with Crippen molar-refractivity contribution >= 4 is 29.7 Å². The minimum atomic E-state index is -1.58. The Bertz CT molecular complexity index is 682. The molecule has 0 saturated carbocycles. The van der Waals surface area contributed by atoms with Gasteiger partial charge in [-0.1, -0.05) is 0 Å². The second kappa shape index (κ2) is 14.1. The molecule has 6 atom stereocenters. The third-order valence-electron chi connectivity index (χ3n) is 4.26. The van der Waals surface area contributed by atoms with Gasteiger partial charge in [0.05, 0.1) is 18.8 Å². The number of carbonyl (C=O) groups excluding carboxylic acids is 3. The Labute approximate surface area is 184 Å². The number of guanidine groups is 1. The van der Waals surface area contributed by atoms with Gasteiger partial charge in [0, 0.05) is 6.54 Å². The second-order valence-corrected chi connectivity index (χ2v) is 7.09. The summed E-state index contributed by atoms with van der Waals surface area (Å²) < 4.78 is 0. The number of hydrogen-bond donors (Lipinski definition) is 10. The number of carboxylic acids is 1. The van der Waals surface area contributed by atoms with Gasteiger partial charge < -0.3 is 53.6 Å². The number of nitrogens with two attached hydrogens (primary N) is 3. The number of nitrogens with one attached hydrogen (secondary N) is 3. The lowest BCUT2D eigenvalue weighted by Crippen LogP contribution is -2.61. The van der Waals surface area contributed by atoms with Gasteiger partial charge in [-0.25, -0.2) is 4.79 Å². The van der Waals surface area contributed by atoms with Crippen LogP contribution >= 0.6 is 0 Å². The van der Waals surface area contributed by atoms with Gasteiger partial charge in [0.15, 0.2) is 5.96 Å². The molecule has 0 radical (unpaired) electrons. The van der Waals surface area contributed by atoms with Gasteiger partial charge in [0.1, 0.15) is 24.2 Å². The summed E-state index contributed by atoms with van der Waals surface area (Å²) in [7, 11) is 0. The molecule has 6 unspecified atom stereocenters. The maximum absolute atomic E-state index is 12.4. The second-order valence-electron chi connectivity index (χ2n) is 7.09. The highest BCUT2D eigenvalue weighted by atomic mass is 16.4. The highest BCUT2D eigenvalue weighted by molar-refractivity contribution is 5.94. The van der Waals surface area contributed by atoms with Crippen LogP contribution in [0, 0.1) is 0 Å². The molecule has 0 spiro atoms. The van der Waals surface area contributed by atoms with E-state index in [9.17, 15) is 39.6 Å². The van der Waals surface area contributed by atoms with E-state index in [0.29, 0.717) is 0 Å². The average molecular weight is 463 g/mol. The number of nitrogens with zero attached hydrogens (tertiary/aromatic N) is 1. The molecule has 0 aromatic heterocycles. The van der Waals surface area contributed by atoms with E-state index in [1.165, 1.54) is 13.8 Å². The van der Waals surface area contributed by atoms with Gasteiger partial charge in [0.25, 0.3) is 0 Å². The molecular formula is C17H33N7O8. The number of rotatable bonds is 14. The topological polar surface area (TPSA) is 276 Å². The molecular weight excluding hydrogens is 430 g/mol. The Hall–Kier alpha value is -3.01. The van der Waals surface area contributed by atoms with E-state index in [-0.39, 0.29) is 25.3 Å². The monoisotopic (exact) mass is 463 g/mol. The maximum atomic E-state index is 12.4. The van der Waals surface area contributed by atoms with Crippen LogP contribution in [0.15, 0.2) is 4.99 Å². The van der Waals surface area contributed by atoms with Crippen LogP contribution in [0.5, 0.6) is 0 Å². The van der Waals surface area contributed by atoms with Crippen LogP contribution < -0.4 is 33.2 Å². The van der Waals surface area contributed by atoms with Gasteiger partial charge in [-0.3, -0.25) is 19.4 Å². The average Bonchev–Trinajstić information content (AvgIpc) is 2.70. The fraction of sp³-hybridized carbons (Fsp3) is 0.706. The molecule has 15 heteroatoms. The molecule has 0 aromatic carbocycles. The van der Waals surface area contributed by atoms with Gasteiger partial charge >= 0.3 is 5.97 Å². The van der Waals surface area contributed by atoms with Crippen LogP contribution in [0.4, 0.5) is 0 Å². The molecule has 32 heavy (non-hydrogen) atoms. The molecule has 0 aliphatic rings. The fourth-order valence-electron chi connectivity index (χ4n) is 2.36. The maximum Gasteiger partial charge on any atom is 0.326 e. The minimum absolute atomic E-state index is 0.0342. The number of carboxylic acid groups (broad SMARTS) is 1.